The Hall–Kier alpha value is -2.47. The van der Waals surface area contributed by atoms with Gasteiger partial charge in [-0.3, -0.25) is 0 Å². The molecule has 0 saturated heterocycles. The van der Waals surface area contributed by atoms with Gasteiger partial charge in [0.1, 0.15) is 5.82 Å². The lowest BCUT2D eigenvalue weighted by atomic mass is 10.1. The maximum absolute atomic E-state index is 13.1. The highest BCUT2D eigenvalue weighted by Crippen LogP contribution is 2.28. The average molecular weight is 290 g/mol. The van der Waals surface area contributed by atoms with Crippen LogP contribution in [0.5, 0.6) is 0 Å². The third kappa shape index (κ3) is 2.10. The summed E-state index contributed by atoms with van der Waals surface area (Å²) in [5.41, 5.74) is 7.62. The Bertz CT molecular complexity index is 771. The predicted octanol–water partition coefficient (Wildman–Crippen LogP) is 2.70. The smallest absolute Gasteiger partial charge is 0.189 e. The minimum absolute atomic E-state index is 0.216. The molecule has 0 unspecified atom stereocenters. The van der Waals surface area contributed by atoms with E-state index in [2.05, 4.69) is 15.5 Å². The molecule has 7 heteroatoms. The third-order valence-electron chi connectivity index (χ3n) is 2.81. The van der Waals surface area contributed by atoms with Crippen LogP contribution >= 0.6 is 11.6 Å². The molecule has 20 heavy (non-hydrogen) atoms. The fourth-order valence-electron chi connectivity index (χ4n) is 1.87. The van der Waals surface area contributed by atoms with E-state index in [1.165, 1.54) is 22.9 Å². The molecule has 1 aromatic heterocycles. The van der Waals surface area contributed by atoms with Gasteiger partial charge >= 0.3 is 0 Å². The number of rotatable bonds is 2. The summed E-state index contributed by atoms with van der Waals surface area (Å²) in [6.45, 7) is 0. The van der Waals surface area contributed by atoms with Crippen LogP contribution in [-0.4, -0.2) is 20.2 Å². The van der Waals surface area contributed by atoms with Crippen molar-refractivity contribution in [2.75, 3.05) is 5.73 Å². The van der Waals surface area contributed by atoms with Crippen molar-refractivity contribution in [3.63, 3.8) is 0 Å². The summed E-state index contributed by atoms with van der Waals surface area (Å²) >= 11 is 6.03. The lowest BCUT2D eigenvalue weighted by molar-refractivity contribution is 0.627. The second-order valence-corrected chi connectivity index (χ2v) is 4.50. The van der Waals surface area contributed by atoms with E-state index < -0.39 is 5.82 Å². The van der Waals surface area contributed by atoms with Crippen molar-refractivity contribution in [1.29, 1.82) is 0 Å². The molecule has 0 saturated carbocycles. The molecule has 2 N–H and O–H groups in total. The van der Waals surface area contributed by atoms with Crippen LogP contribution in [0, 0.1) is 5.82 Å². The Labute approximate surface area is 118 Å². The van der Waals surface area contributed by atoms with Gasteiger partial charge in [-0.25, -0.2) is 4.39 Å². The zero-order chi connectivity index (χ0) is 14.1. The first-order chi connectivity index (χ1) is 9.66. The maximum Gasteiger partial charge on any atom is 0.189 e. The Kier molecular flexibility index (Phi) is 3.08. The summed E-state index contributed by atoms with van der Waals surface area (Å²) < 4.78 is 14.5. The molecule has 0 aliphatic rings. The van der Waals surface area contributed by atoms with Crippen LogP contribution in [0.1, 0.15) is 0 Å². The van der Waals surface area contributed by atoms with Crippen molar-refractivity contribution in [1.82, 2.24) is 20.2 Å². The molecular formula is C13H9ClFN5. The van der Waals surface area contributed by atoms with E-state index in [1.807, 2.05) is 12.1 Å². The normalized spacial score (nSPS) is 10.7. The van der Waals surface area contributed by atoms with Gasteiger partial charge in [0.25, 0.3) is 0 Å². The van der Waals surface area contributed by atoms with Crippen LogP contribution in [0.2, 0.25) is 5.02 Å². The molecular weight excluding hydrogens is 281 g/mol. The van der Waals surface area contributed by atoms with E-state index in [-0.39, 0.29) is 5.02 Å². The molecule has 0 bridgehead atoms. The number of anilines is 1. The van der Waals surface area contributed by atoms with Crippen molar-refractivity contribution >= 4 is 17.3 Å². The van der Waals surface area contributed by atoms with E-state index >= 15 is 0 Å². The van der Waals surface area contributed by atoms with Crippen LogP contribution in [0.15, 0.2) is 42.5 Å². The number of aromatic nitrogens is 4. The highest BCUT2D eigenvalue weighted by Gasteiger charge is 2.15. The number of benzene rings is 2. The zero-order valence-electron chi connectivity index (χ0n) is 10.2. The Morgan fingerprint density at radius 3 is 2.70 bits per heavy atom. The van der Waals surface area contributed by atoms with Gasteiger partial charge in [0.2, 0.25) is 0 Å². The molecule has 0 aliphatic heterocycles. The maximum atomic E-state index is 13.1. The van der Waals surface area contributed by atoms with Crippen LogP contribution in [0.3, 0.4) is 0 Å². The summed E-state index contributed by atoms with van der Waals surface area (Å²) in [7, 11) is 0. The SMILES string of the molecule is Nc1ccccc1-c1nnnn1-c1ccc(F)cc1Cl. The van der Waals surface area contributed by atoms with Crippen molar-refractivity contribution in [3.8, 4) is 17.1 Å². The lowest BCUT2D eigenvalue weighted by Crippen LogP contribution is -2.02. The summed E-state index contributed by atoms with van der Waals surface area (Å²) in [4.78, 5) is 0. The standard InChI is InChI=1S/C13H9ClFN5/c14-10-7-8(15)5-6-12(10)20-13(17-18-19-20)9-3-1-2-4-11(9)16/h1-7H,16H2. The lowest BCUT2D eigenvalue weighted by Gasteiger charge is -2.08. The van der Waals surface area contributed by atoms with Crippen LogP contribution < -0.4 is 5.73 Å². The molecule has 2 aromatic carbocycles. The van der Waals surface area contributed by atoms with E-state index in [9.17, 15) is 4.39 Å². The quantitative estimate of drug-likeness (QED) is 0.736. The summed E-state index contributed by atoms with van der Waals surface area (Å²) in [6.07, 6.45) is 0. The summed E-state index contributed by atoms with van der Waals surface area (Å²) in [6, 6.07) is 11.2. The van der Waals surface area contributed by atoms with E-state index in [4.69, 9.17) is 17.3 Å². The van der Waals surface area contributed by atoms with Crippen molar-refractivity contribution < 1.29 is 4.39 Å². The van der Waals surface area contributed by atoms with E-state index in [0.717, 1.165) is 0 Å². The fraction of sp³-hybridized carbons (Fsp3) is 0. The second-order valence-electron chi connectivity index (χ2n) is 4.10. The second kappa shape index (κ2) is 4.90. The minimum Gasteiger partial charge on any atom is -0.398 e. The van der Waals surface area contributed by atoms with Crippen molar-refractivity contribution in [3.05, 3.63) is 53.3 Å². The number of nitrogens with two attached hydrogens (primary N) is 1. The van der Waals surface area contributed by atoms with Gasteiger partial charge in [-0.2, -0.15) is 4.68 Å². The predicted molar refractivity (Wildman–Crippen MR) is 74.0 cm³/mol. The highest BCUT2D eigenvalue weighted by atomic mass is 35.5. The minimum atomic E-state index is -0.424. The number of para-hydroxylation sites is 1. The largest absolute Gasteiger partial charge is 0.398 e. The molecule has 0 fully saturated rings. The molecule has 1 heterocycles. The Balaban J connectivity index is 2.18. The van der Waals surface area contributed by atoms with Crippen LogP contribution in [0.4, 0.5) is 10.1 Å². The molecule has 3 aromatic rings. The number of hydrogen-bond acceptors (Lipinski definition) is 4. The van der Waals surface area contributed by atoms with Gasteiger partial charge in [-0.15, -0.1) is 5.10 Å². The third-order valence-corrected chi connectivity index (χ3v) is 3.11. The van der Waals surface area contributed by atoms with Gasteiger partial charge in [0.15, 0.2) is 5.82 Å². The first-order valence-corrected chi connectivity index (χ1v) is 6.13. The highest BCUT2D eigenvalue weighted by molar-refractivity contribution is 6.32. The summed E-state index contributed by atoms with van der Waals surface area (Å²) in [5.74, 6) is 0.0178. The fourth-order valence-corrected chi connectivity index (χ4v) is 2.12. The zero-order valence-corrected chi connectivity index (χ0v) is 10.9. The molecule has 0 spiro atoms. The van der Waals surface area contributed by atoms with E-state index in [1.54, 1.807) is 12.1 Å². The number of halogens is 2. The molecule has 3 rings (SSSR count). The molecule has 0 radical (unpaired) electrons. The van der Waals surface area contributed by atoms with Gasteiger partial charge in [0.05, 0.1) is 10.7 Å². The van der Waals surface area contributed by atoms with Gasteiger partial charge in [0, 0.05) is 11.3 Å². The first kappa shape index (κ1) is 12.6. The topological polar surface area (TPSA) is 69.6 Å². The molecule has 5 nitrogen and oxygen atoms in total. The van der Waals surface area contributed by atoms with Gasteiger partial charge in [-0.1, -0.05) is 23.7 Å². The van der Waals surface area contributed by atoms with E-state index in [0.29, 0.717) is 22.8 Å². The number of nitrogens with zero attached hydrogens (tertiary/aromatic N) is 4. The molecule has 0 aliphatic carbocycles. The van der Waals surface area contributed by atoms with Crippen molar-refractivity contribution in [2.24, 2.45) is 0 Å². The Morgan fingerprint density at radius 2 is 1.95 bits per heavy atom. The molecule has 0 amide bonds. The molecule has 100 valence electrons. The number of nitrogen functional groups attached to an aromatic ring is 1. The van der Waals surface area contributed by atoms with Gasteiger partial charge in [-0.05, 0) is 40.8 Å². The average Bonchev–Trinajstić information content (AvgIpc) is 2.88. The van der Waals surface area contributed by atoms with Crippen molar-refractivity contribution in [2.45, 2.75) is 0 Å². The Morgan fingerprint density at radius 1 is 1.15 bits per heavy atom. The van der Waals surface area contributed by atoms with Gasteiger partial charge < -0.3 is 5.73 Å². The number of tetrazole rings is 1. The monoisotopic (exact) mass is 289 g/mol. The number of hydrogen-bond donors (Lipinski definition) is 1. The molecule has 0 atom stereocenters. The van der Waals surface area contributed by atoms with Crippen LogP contribution in [0.25, 0.3) is 17.1 Å². The summed E-state index contributed by atoms with van der Waals surface area (Å²) in [5, 5.41) is 11.7. The first-order valence-electron chi connectivity index (χ1n) is 5.75. The van der Waals surface area contributed by atoms with Crippen LogP contribution in [-0.2, 0) is 0 Å².